The van der Waals surface area contributed by atoms with E-state index in [9.17, 15) is 5.11 Å². The number of aryl methyl sites for hydroxylation is 1. The lowest BCUT2D eigenvalue weighted by molar-refractivity contribution is 0.476. The summed E-state index contributed by atoms with van der Waals surface area (Å²) < 4.78 is 5.17. The average Bonchev–Trinajstić information content (AvgIpc) is 2.87. The molecule has 2 aromatic heterocycles. The minimum absolute atomic E-state index is 0.105. The first-order valence-corrected chi connectivity index (χ1v) is 5.25. The number of hydrogen-bond acceptors (Lipinski definition) is 4. The molecule has 4 heteroatoms. The van der Waals surface area contributed by atoms with Gasteiger partial charge in [-0.2, -0.15) is 0 Å². The van der Waals surface area contributed by atoms with Gasteiger partial charge in [-0.15, -0.1) is 0 Å². The van der Waals surface area contributed by atoms with E-state index < -0.39 is 0 Å². The summed E-state index contributed by atoms with van der Waals surface area (Å²) in [6, 6.07) is 7.57. The van der Waals surface area contributed by atoms with Gasteiger partial charge in [0.1, 0.15) is 6.26 Å². The van der Waals surface area contributed by atoms with Crippen LogP contribution in [0.25, 0.3) is 22.4 Å². The Morgan fingerprint density at radius 3 is 2.65 bits per heavy atom. The second-order valence-corrected chi connectivity index (χ2v) is 3.78. The molecule has 0 spiro atoms. The summed E-state index contributed by atoms with van der Waals surface area (Å²) in [7, 11) is 0. The van der Waals surface area contributed by atoms with Crippen LogP contribution in [0.3, 0.4) is 0 Å². The van der Waals surface area contributed by atoms with Crippen molar-refractivity contribution >= 4 is 10.8 Å². The first kappa shape index (κ1) is 9.84. The van der Waals surface area contributed by atoms with Crippen molar-refractivity contribution in [3.63, 3.8) is 0 Å². The zero-order chi connectivity index (χ0) is 11.8. The summed E-state index contributed by atoms with van der Waals surface area (Å²) in [4.78, 5) is 8.34. The minimum Gasteiger partial charge on any atom is -0.505 e. The summed E-state index contributed by atoms with van der Waals surface area (Å²) in [5.74, 6) is 0.435. The van der Waals surface area contributed by atoms with Crippen LogP contribution in [0.15, 0.2) is 41.1 Å². The smallest absolute Gasteiger partial charge is 0.248 e. The zero-order valence-electron chi connectivity index (χ0n) is 9.21. The molecule has 0 aliphatic heterocycles. The molecule has 3 aromatic rings. The van der Waals surface area contributed by atoms with Crippen molar-refractivity contribution < 1.29 is 9.52 Å². The Hall–Kier alpha value is -2.36. The Bertz CT molecular complexity index is 675. The second kappa shape index (κ2) is 3.59. The van der Waals surface area contributed by atoms with Crippen LogP contribution in [0, 0.1) is 6.92 Å². The maximum absolute atomic E-state index is 10.2. The molecule has 1 aromatic carbocycles. The van der Waals surface area contributed by atoms with E-state index in [0.29, 0.717) is 11.6 Å². The Kier molecular flexibility index (Phi) is 2.08. The normalized spacial score (nSPS) is 10.9. The van der Waals surface area contributed by atoms with Crippen molar-refractivity contribution in [2.45, 2.75) is 6.92 Å². The van der Waals surface area contributed by atoms with Gasteiger partial charge in [-0.1, -0.05) is 24.3 Å². The monoisotopic (exact) mass is 226 g/mol. The van der Waals surface area contributed by atoms with Gasteiger partial charge in [0.2, 0.25) is 5.89 Å². The number of hydrogen-bond donors (Lipinski definition) is 1. The molecule has 0 fully saturated rings. The fourth-order valence-corrected chi connectivity index (χ4v) is 1.90. The molecule has 4 nitrogen and oxygen atoms in total. The van der Waals surface area contributed by atoms with E-state index in [1.54, 1.807) is 0 Å². The molecule has 0 saturated heterocycles. The van der Waals surface area contributed by atoms with E-state index in [1.165, 1.54) is 12.5 Å². The van der Waals surface area contributed by atoms with Crippen molar-refractivity contribution in [3.05, 3.63) is 42.4 Å². The number of nitrogens with zero attached hydrogens (tertiary/aromatic N) is 2. The fraction of sp³-hybridized carbons (Fsp3) is 0.0769. The molecule has 0 unspecified atom stereocenters. The molecular weight excluding hydrogens is 216 g/mol. The quantitative estimate of drug-likeness (QED) is 0.693. The highest BCUT2D eigenvalue weighted by atomic mass is 16.3. The minimum atomic E-state index is 0.105. The Morgan fingerprint density at radius 1 is 1.18 bits per heavy atom. The predicted octanol–water partition coefficient (Wildman–Crippen LogP) is 2.90. The molecule has 17 heavy (non-hydrogen) atoms. The molecule has 2 heterocycles. The lowest BCUT2D eigenvalue weighted by atomic mass is 10.1. The van der Waals surface area contributed by atoms with Crippen LogP contribution < -0.4 is 0 Å². The van der Waals surface area contributed by atoms with Gasteiger partial charge >= 0.3 is 0 Å². The first-order chi connectivity index (χ1) is 8.27. The molecule has 0 aliphatic rings. The summed E-state index contributed by atoms with van der Waals surface area (Å²) in [6.45, 7) is 1.90. The highest BCUT2D eigenvalue weighted by Gasteiger charge is 2.15. The van der Waals surface area contributed by atoms with Gasteiger partial charge < -0.3 is 9.52 Å². The van der Waals surface area contributed by atoms with Crippen LogP contribution in [0.2, 0.25) is 0 Å². The van der Waals surface area contributed by atoms with Crippen molar-refractivity contribution in [1.82, 2.24) is 9.97 Å². The van der Waals surface area contributed by atoms with Gasteiger partial charge in [0.05, 0.1) is 6.20 Å². The van der Waals surface area contributed by atoms with E-state index in [-0.39, 0.29) is 5.75 Å². The molecule has 0 bridgehead atoms. The van der Waals surface area contributed by atoms with Gasteiger partial charge in [0, 0.05) is 16.5 Å². The standard InChI is InChI=1S/C13H10N2O2/c1-8-9-4-2-3-5-10(9)12(16)11(15-8)13-14-6-7-17-13/h2-7,16H,1H3. The fourth-order valence-electron chi connectivity index (χ4n) is 1.90. The zero-order valence-corrected chi connectivity index (χ0v) is 9.21. The lowest BCUT2D eigenvalue weighted by Crippen LogP contribution is -1.91. The van der Waals surface area contributed by atoms with E-state index in [2.05, 4.69) is 9.97 Å². The highest BCUT2D eigenvalue weighted by Crippen LogP contribution is 2.34. The number of oxazole rings is 1. The Balaban J connectivity index is 2.39. The second-order valence-electron chi connectivity index (χ2n) is 3.78. The molecule has 1 N–H and O–H groups in total. The van der Waals surface area contributed by atoms with Crippen LogP contribution in [0.5, 0.6) is 5.75 Å². The molecule has 84 valence electrons. The number of benzene rings is 1. The van der Waals surface area contributed by atoms with Crippen LogP contribution in [0.4, 0.5) is 0 Å². The van der Waals surface area contributed by atoms with Gasteiger partial charge in [0.25, 0.3) is 0 Å². The largest absolute Gasteiger partial charge is 0.505 e. The van der Waals surface area contributed by atoms with Crippen molar-refractivity contribution in [3.8, 4) is 17.3 Å². The van der Waals surface area contributed by atoms with E-state index >= 15 is 0 Å². The summed E-state index contributed by atoms with van der Waals surface area (Å²) in [5, 5.41) is 11.9. The summed E-state index contributed by atoms with van der Waals surface area (Å²) >= 11 is 0. The van der Waals surface area contributed by atoms with E-state index in [1.807, 2.05) is 31.2 Å². The third-order valence-corrected chi connectivity index (χ3v) is 2.71. The number of fused-ring (bicyclic) bond motifs is 1. The maximum Gasteiger partial charge on any atom is 0.248 e. The molecule has 0 aliphatic carbocycles. The number of pyridine rings is 1. The van der Waals surface area contributed by atoms with E-state index in [0.717, 1.165) is 16.5 Å². The van der Waals surface area contributed by atoms with Crippen molar-refractivity contribution in [1.29, 1.82) is 0 Å². The van der Waals surface area contributed by atoms with Gasteiger partial charge in [-0.25, -0.2) is 9.97 Å². The molecule has 0 atom stereocenters. The Morgan fingerprint density at radius 2 is 1.94 bits per heavy atom. The van der Waals surface area contributed by atoms with Gasteiger partial charge in [-0.05, 0) is 6.92 Å². The van der Waals surface area contributed by atoms with Crippen LogP contribution >= 0.6 is 0 Å². The third-order valence-electron chi connectivity index (χ3n) is 2.71. The topological polar surface area (TPSA) is 59.2 Å². The molecule has 0 radical (unpaired) electrons. The SMILES string of the molecule is Cc1nc(-c2ncco2)c(O)c2ccccc12. The molecular formula is C13H10N2O2. The predicted molar refractivity (Wildman–Crippen MR) is 63.6 cm³/mol. The Labute approximate surface area is 97.6 Å². The number of aromatic hydroxyl groups is 1. The highest BCUT2D eigenvalue weighted by molar-refractivity contribution is 5.93. The number of aromatic nitrogens is 2. The first-order valence-electron chi connectivity index (χ1n) is 5.25. The van der Waals surface area contributed by atoms with Crippen LogP contribution in [0.1, 0.15) is 5.69 Å². The van der Waals surface area contributed by atoms with Crippen LogP contribution in [-0.2, 0) is 0 Å². The van der Waals surface area contributed by atoms with Gasteiger partial charge in [0.15, 0.2) is 11.4 Å². The van der Waals surface area contributed by atoms with Crippen LogP contribution in [-0.4, -0.2) is 15.1 Å². The average molecular weight is 226 g/mol. The lowest BCUT2D eigenvalue weighted by Gasteiger charge is -2.07. The number of rotatable bonds is 1. The maximum atomic E-state index is 10.2. The van der Waals surface area contributed by atoms with Crippen molar-refractivity contribution in [2.75, 3.05) is 0 Å². The molecule has 3 rings (SSSR count). The summed E-state index contributed by atoms with van der Waals surface area (Å²) in [5.41, 5.74) is 1.22. The van der Waals surface area contributed by atoms with Gasteiger partial charge in [-0.3, -0.25) is 0 Å². The van der Waals surface area contributed by atoms with Crippen molar-refractivity contribution in [2.24, 2.45) is 0 Å². The third kappa shape index (κ3) is 1.45. The summed E-state index contributed by atoms with van der Waals surface area (Å²) in [6.07, 6.45) is 2.99. The molecule has 0 amide bonds. The molecule has 0 saturated carbocycles. The van der Waals surface area contributed by atoms with E-state index in [4.69, 9.17) is 4.42 Å².